The fourth-order valence-electron chi connectivity index (χ4n) is 2.28. The number of anilines is 1. The van der Waals surface area contributed by atoms with Crippen LogP contribution < -0.4 is 10.6 Å². The van der Waals surface area contributed by atoms with Gasteiger partial charge < -0.3 is 15.4 Å². The van der Waals surface area contributed by atoms with E-state index in [1.54, 1.807) is 6.92 Å². The van der Waals surface area contributed by atoms with Crippen LogP contribution in [-0.2, 0) is 16.1 Å². The SMILES string of the molecule is C=C(CCNC(=O)OCc1ccccc1)[C@H](C)C(=O)Nc1ccc(F)cc1. The Morgan fingerprint density at radius 1 is 1.11 bits per heavy atom. The lowest BCUT2D eigenvalue weighted by Crippen LogP contribution is -2.27. The molecular formula is C21H23FN2O3. The molecular weight excluding hydrogens is 347 g/mol. The van der Waals surface area contributed by atoms with Gasteiger partial charge in [0.2, 0.25) is 5.91 Å². The lowest BCUT2D eigenvalue weighted by molar-refractivity contribution is -0.118. The maximum atomic E-state index is 12.9. The summed E-state index contributed by atoms with van der Waals surface area (Å²) in [4.78, 5) is 23.9. The average Bonchev–Trinajstić information content (AvgIpc) is 2.68. The van der Waals surface area contributed by atoms with Gasteiger partial charge in [-0.2, -0.15) is 0 Å². The second-order valence-electron chi connectivity index (χ2n) is 6.11. The van der Waals surface area contributed by atoms with Crippen LogP contribution in [0.2, 0.25) is 0 Å². The van der Waals surface area contributed by atoms with Crippen molar-refractivity contribution in [1.82, 2.24) is 5.32 Å². The monoisotopic (exact) mass is 370 g/mol. The van der Waals surface area contributed by atoms with Crippen LogP contribution in [0.1, 0.15) is 18.9 Å². The molecule has 0 saturated carbocycles. The fourth-order valence-corrected chi connectivity index (χ4v) is 2.28. The predicted molar refractivity (Wildman–Crippen MR) is 103 cm³/mol. The van der Waals surface area contributed by atoms with E-state index < -0.39 is 12.0 Å². The van der Waals surface area contributed by atoms with Crippen molar-refractivity contribution in [2.24, 2.45) is 5.92 Å². The van der Waals surface area contributed by atoms with E-state index in [1.807, 2.05) is 30.3 Å². The summed E-state index contributed by atoms with van der Waals surface area (Å²) in [5.74, 6) is -1.05. The van der Waals surface area contributed by atoms with E-state index in [1.165, 1.54) is 24.3 Å². The summed E-state index contributed by atoms with van der Waals surface area (Å²) in [6.45, 7) is 6.16. The highest BCUT2D eigenvalue weighted by atomic mass is 19.1. The van der Waals surface area contributed by atoms with E-state index in [2.05, 4.69) is 17.2 Å². The van der Waals surface area contributed by atoms with Crippen molar-refractivity contribution in [1.29, 1.82) is 0 Å². The van der Waals surface area contributed by atoms with Gasteiger partial charge >= 0.3 is 6.09 Å². The third-order valence-electron chi connectivity index (χ3n) is 4.05. The first-order valence-corrected chi connectivity index (χ1v) is 8.64. The molecule has 0 fully saturated rings. The van der Waals surface area contributed by atoms with Crippen LogP contribution in [0.4, 0.5) is 14.9 Å². The molecule has 2 amide bonds. The summed E-state index contributed by atoms with van der Waals surface area (Å²) in [5.41, 5.74) is 2.10. The van der Waals surface area contributed by atoms with Crippen molar-refractivity contribution < 1.29 is 18.7 Å². The van der Waals surface area contributed by atoms with Crippen molar-refractivity contribution in [2.45, 2.75) is 20.0 Å². The summed E-state index contributed by atoms with van der Waals surface area (Å²) < 4.78 is 18.0. The first-order valence-electron chi connectivity index (χ1n) is 8.64. The van der Waals surface area contributed by atoms with Gasteiger partial charge in [-0.25, -0.2) is 9.18 Å². The van der Waals surface area contributed by atoms with Crippen molar-refractivity contribution in [3.8, 4) is 0 Å². The van der Waals surface area contributed by atoms with Gasteiger partial charge in [-0.3, -0.25) is 4.79 Å². The number of rotatable bonds is 8. The lowest BCUT2D eigenvalue weighted by Gasteiger charge is -2.15. The third-order valence-corrected chi connectivity index (χ3v) is 4.05. The molecule has 0 heterocycles. The molecule has 2 aromatic carbocycles. The van der Waals surface area contributed by atoms with Crippen molar-refractivity contribution >= 4 is 17.7 Å². The van der Waals surface area contributed by atoms with Crippen molar-refractivity contribution in [3.63, 3.8) is 0 Å². The molecule has 0 aliphatic heterocycles. The number of ether oxygens (including phenoxy) is 1. The number of benzene rings is 2. The Labute approximate surface area is 158 Å². The van der Waals surface area contributed by atoms with Gasteiger partial charge in [0.05, 0.1) is 5.92 Å². The number of halogens is 1. The van der Waals surface area contributed by atoms with Crippen LogP contribution >= 0.6 is 0 Å². The smallest absolute Gasteiger partial charge is 0.407 e. The van der Waals surface area contributed by atoms with Gasteiger partial charge in [0.1, 0.15) is 12.4 Å². The van der Waals surface area contributed by atoms with Gasteiger partial charge in [0.25, 0.3) is 0 Å². The van der Waals surface area contributed by atoms with E-state index in [4.69, 9.17) is 4.74 Å². The lowest BCUT2D eigenvalue weighted by atomic mass is 9.99. The van der Waals surface area contributed by atoms with Crippen LogP contribution in [-0.4, -0.2) is 18.5 Å². The van der Waals surface area contributed by atoms with Crippen LogP contribution in [0.5, 0.6) is 0 Å². The minimum absolute atomic E-state index is 0.199. The zero-order chi connectivity index (χ0) is 19.6. The van der Waals surface area contributed by atoms with Gasteiger partial charge in [0, 0.05) is 12.2 Å². The van der Waals surface area contributed by atoms with Crippen molar-refractivity contribution in [2.75, 3.05) is 11.9 Å². The molecule has 0 aliphatic rings. The maximum Gasteiger partial charge on any atom is 0.407 e. The number of nitrogens with one attached hydrogen (secondary N) is 2. The largest absolute Gasteiger partial charge is 0.445 e. The Hall–Kier alpha value is -3.15. The number of alkyl carbamates (subject to hydrolysis) is 1. The highest BCUT2D eigenvalue weighted by molar-refractivity contribution is 5.94. The first kappa shape index (κ1) is 20.2. The van der Waals surface area contributed by atoms with Crippen LogP contribution in [0.3, 0.4) is 0 Å². The Kier molecular flexibility index (Phi) is 7.55. The van der Waals surface area contributed by atoms with Gasteiger partial charge in [-0.1, -0.05) is 42.5 Å². The van der Waals surface area contributed by atoms with Gasteiger partial charge in [0.15, 0.2) is 0 Å². The van der Waals surface area contributed by atoms with Gasteiger partial charge in [-0.05, 0) is 43.2 Å². The van der Waals surface area contributed by atoms with E-state index in [0.29, 0.717) is 24.2 Å². The summed E-state index contributed by atoms with van der Waals surface area (Å²) in [6, 6.07) is 14.9. The molecule has 142 valence electrons. The maximum absolute atomic E-state index is 12.9. The fraction of sp³-hybridized carbons (Fsp3) is 0.238. The molecule has 2 aromatic rings. The molecule has 0 aliphatic carbocycles. The second-order valence-corrected chi connectivity index (χ2v) is 6.11. The number of carbonyl (C=O) groups is 2. The zero-order valence-electron chi connectivity index (χ0n) is 15.2. The quantitative estimate of drug-likeness (QED) is 0.682. The molecule has 0 unspecified atom stereocenters. The summed E-state index contributed by atoms with van der Waals surface area (Å²) in [5, 5.41) is 5.35. The number of carbonyl (C=O) groups excluding carboxylic acids is 2. The van der Waals surface area contributed by atoms with Crippen molar-refractivity contribution in [3.05, 3.63) is 78.1 Å². The van der Waals surface area contributed by atoms with E-state index in [9.17, 15) is 14.0 Å². The molecule has 1 atom stereocenters. The molecule has 2 rings (SSSR count). The van der Waals surface area contributed by atoms with E-state index >= 15 is 0 Å². The molecule has 6 heteroatoms. The molecule has 0 radical (unpaired) electrons. The highest BCUT2D eigenvalue weighted by Gasteiger charge is 2.16. The Morgan fingerprint density at radius 3 is 2.44 bits per heavy atom. The Balaban J connectivity index is 1.68. The minimum Gasteiger partial charge on any atom is -0.445 e. The zero-order valence-corrected chi connectivity index (χ0v) is 15.2. The van der Waals surface area contributed by atoms with Crippen LogP contribution in [0, 0.1) is 11.7 Å². The minimum atomic E-state index is -0.518. The first-order chi connectivity index (χ1) is 13.0. The average molecular weight is 370 g/mol. The van der Waals surface area contributed by atoms with E-state index in [0.717, 1.165) is 5.56 Å². The van der Waals surface area contributed by atoms with Crippen LogP contribution in [0.25, 0.3) is 0 Å². The van der Waals surface area contributed by atoms with Crippen LogP contribution in [0.15, 0.2) is 66.7 Å². The third kappa shape index (κ3) is 6.93. The normalized spacial score (nSPS) is 11.3. The predicted octanol–water partition coefficient (Wildman–Crippen LogP) is 4.27. The molecule has 0 spiro atoms. The Morgan fingerprint density at radius 2 is 1.78 bits per heavy atom. The second kappa shape index (κ2) is 10.1. The number of hydrogen-bond donors (Lipinski definition) is 2. The topological polar surface area (TPSA) is 67.4 Å². The molecule has 0 saturated heterocycles. The standard InChI is InChI=1S/C21H23FN2O3/c1-15(16(2)20(25)24-19-10-8-18(22)9-11-19)12-13-23-21(26)27-14-17-6-4-3-5-7-17/h3-11,16H,1,12-14H2,2H3,(H,23,26)(H,24,25)/t16-/m0/s1. The molecule has 0 aromatic heterocycles. The summed E-state index contributed by atoms with van der Waals surface area (Å²) >= 11 is 0. The number of hydrogen-bond acceptors (Lipinski definition) is 3. The Bertz CT molecular complexity index is 776. The molecule has 2 N–H and O–H groups in total. The summed E-state index contributed by atoms with van der Waals surface area (Å²) in [6.07, 6.45) is -0.0756. The number of amides is 2. The molecule has 27 heavy (non-hydrogen) atoms. The molecule has 0 bridgehead atoms. The van der Waals surface area contributed by atoms with Gasteiger partial charge in [-0.15, -0.1) is 0 Å². The van der Waals surface area contributed by atoms with E-state index in [-0.39, 0.29) is 18.3 Å². The highest BCUT2D eigenvalue weighted by Crippen LogP contribution is 2.16. The summed E-state index contributed by atoms with van der Waals surface area (Å²) in [7, 11) is 0. The molecule has 5 nitrogen and oxygen atoms in total.